The van der Waals surface area contributed by atoms with Crippen molar-refractivity contribution in [3.8, 4) is 5.75 Å². The molecule has 3 aromatic carbocycles. The second kappa shape index (κ2) is 25.0. The SMILES string of the molecule is CC(C)C(=O)CCCCC[NH+]1c2ccc(S(=O)(=O)[O-])cc2C(C)(C)C1/C=C/C1=C(Oc2ccc(S(=O)(=O)[O-])cc2)C(=C/C=C2/N(CCCCS(=O)(=O)[O-])c3cc[c-]cc3C2(C)C)/CCC1.[Na+].[Na+].[Na+]. The summed E-state index contributed by atoms with van der Waals surface area (Å²) in [4.78, 5) is 14.9. The summed E-state index contributed by atoms with van der Waals surface area (Å²) in [5, 5.41) is 0. The van der Waals surface area contributed by atoms with Crippen LogP contribution in [-0.4, -0.2) is 69.6 Å². The van der Waals surface area contributed by atoms with Gasteiger partial charge < -0.3 is 23.3 Å². The molecule has 2 aliphatic heterocycles. The molecule has 19 heteroatoms. The number of benzene rings is 3. The maximum absolute atomic E-state index is 12.3. The maximum atomic E-state index is 12.3. The number of unbranched alkanes of at least 4 members (excludes halogenated alkanes) is 3. The fraction of sp³-hybridized carbons (Fsp3) is 0.449. The Morgan fingerprint density at radius 2 is 1.50 bits per heavy atom. The fourth-order valence-electron chi connectivity index (χ4n) is 9.38. The van der Waals surface area contributed by atoms with Gasteiger partial charge in [0.05, 0.1) is 31.9 Å². The van der Waals surface area contributed by atoms with Crippen LogP contribution in [0.5, 0.6) is 5.75 Å². The molecular formula is C49H59N2Na3O11S3. The molecule has 1 N–H and O–H groups in total. The second-order valence-corrected chi connectivity index (χ2v) is 22.9. The van der Waals surface area contributed by atoms with Crippen LogP contribution in [0, 0.1) is 12.0 Å². The van der Waals surface area contributed by atoms with Crippen LogP contribution in [-0.2, 0) is 46.0 Å². The van der Waals surface area contributed by atoms with E-state index in [-0.39, 0.29) is 123 Å². The number of ketones is 1. The number of allylic oxidation sites excluding steroid dienone is 6. The third-order valence-electron chi connectivity index (χ3n) is 13.0. The standard InChI is InChI=1S/C49H61N2O11S3.3Na/c1-34(2)44(52)19-8-7-11-30-51-43-27-26-39(65(59,60)61)33-41(43)49(5,6)46(51)29-21-36-16-14-15-35(47(36)62-37-22-24-38(25-23-37)64(56,57)58)20-28-45-48(3,4)40-17-9-10-18-42(40)50(45)31-12-13-32-63(53,54)55;;;/h10,17-18,20-29,33-34,46H,7-8,11-16,19,30-32H2,1-6H3,(H,53,54,55)(H,56,57,58)(H,59,60,61);;;/q-1;3*+1/p-2/b29-21+,35-20+,45-28+;;;. The predicted molar refractivity (Wildman–Crippen MR) is 246 cm³/mol. The van der Waals surface area contributed by atoms with E-state index in [2.05, 4.69) is 30.9 Å². The van der Waals surface area contributed by atoms with Gasteiger partial charge in [-0.3, -0.25) is 9.69 Å². The predicted octanol–water partition coefficient (Wildman–Crippen LogP) is -1.72. The average Bonchev–Trinajstić information content (AvgIpc) is 3.57. The molecule has 6 rings (SSSR count). The van der Waals surface area contributed by atoms with Crippen molar-refractivity contribution in [2.45, 2.75) is 126 Å². The Hall–Kier alpha value is -1.42. The van der Waals surface area contributed by atoms with Gasteiger partial charge in [0, 0.05) is 42.0 Å². The second-order valence-electron chi connectivity index (χ2n) is 18.6. The van der Waals surface area contributed by atoms with Crippen molar-refractivity contribution in [3.63, 3.8) is 0 Å². The Bertz CT molecular complexity index is 2750. The molecule has 0 saturated carbocycles. The minimum Gasteiger partial charge on any atom is -0.748 e. The van der Waals surface area contributed by atoms with E-state index in [1.165, 1.54) is 36.4 Å². The summed E-state index contributed by atoms with van der Waals surface area (Å²) < 4.78 is 113. The molecule has 0 saturated heterocycles. The van der Waals surface area contributed by atoms with E-state index in [9.17, 15) is 43.7 Å². The Balaban J connectivity index is 0.00000408. The molecule has 68 heavy (non-hydrogen) atoms. The van der Waals surface area contributed by atoms with Crippen LogP contribution in [0.1, 0.15) is 110 Å². The molecular weight excluding hydrogens is 958 g/mol. The molecule has 0 bridgehead atoms. The van der Waals surface area contributed by atoms with E-state index in [4.69, 9.17) is 4.74 Å². The molecule has 13 nitrogen and oxygen atoms in total. The molecule has 0 fully saturated rings. The monoisotopic (exact) mass is 1020 g/mol. The Morgan fingerprint density at radius 1 is 0.838 bits per heavy atom. The first-order valence-electron chi connectivity index (χ1n) is 22.2. The number of quaternary nitrogens is 1. The summed E-state index contributed by atoms with van der Waals surface area (Å²) in [6.07, 6.45) is 13.9. The summed E-state index contributed by atoms with van der Waals surface area (Å²) in [5.41, 5.74) is 5.27. The molecule has 0 amide bonds. The molecule has 0 aromatic heterocycles. The van der Waals surface area contributed by atoms with Crippen molar-refractivity contribution in [1.82, 2.24) is 0 Å². The summed E-state index contributed by atoms with van der Waals surface area (Å²) >= 11 is 0. The number of hydrogen-bond donors (Lipinski definition) is 1. The first-order valence-corrected chi connectivity index (χ1v) is 26.6. The van der Waals surface area contributed by atoms with Crippen molar-refractivity contribution in [2.24, 2.45) is 5.92 Å². The Morgan fingerprint density at radius 3 is 2.13 bits per heavy atom. The van der Waals surface area contributed by atoms with Crippen LogP contribution in [0.3, 0.4) is 0 Å². The topological polar surface area (TPSA) is 206 Å². The van der Waals surface area contributed by atoms with Crippen LogP contribution in [0.4, 0.5) is 11.4 Å². The molecule has 0 radical (unpaired) electrons. The number of nitrogens with zero attached hydrogens (tertiary/aromatic N) is 1. The van der Waals surface area contributed by atoms with Gasteiger partial charge >= 0.3 is 88.7 Å². The van der Waals surface area contributed by atoms with Gasteiger partial charge in [-0.2, -0.15) is 18.2 Å². The van der Waals surface area contributed by atoms with E-state index < -0.39 is 46.9 Å². The van der Waals surface area contributed by atoms with E-state index in [0.29, 0.717) is 50.3 Å². The minimum absolute atomic E-state index is 0. The zero-order chi connectivity index (χ0) is 47.5. The first kappa shape index (κ1) is 60.9. The van der Waals surface area contributed by atoms with Crippen LogP contribution >= 0.6 is 0 Å². The van der Waals surface area contributed by atoms with E-state index >= 15 is 0 Å². The van der Waals surface area contributed by atoms with E-state index in [1.807, 2.05) is 64.1 Å². The number of anilines is 1. The van der Waals surface area contributed by atoms with Gasteiger partial charge in [-0.1, -0.05) is 45.5 Å². The van der Waals surface area contributed by atoms with Crippen LogP contribution in [0.2, 0.25) is 0 Å². The number of fused-ring (bicyclic) bond motifs is 2. The van der Waals surface area contributed by atoms with E-state index in [1.54, 1.807) is 6.07 Å². The molecule has 3 aliphatic rings. The van der Waals surface area contributed by atoms with E-state index in [0.717, 1.165) is 69.9 Å². The largest absolute Gasteiger partial charge is 1.00 e. The fourth-order valence-corrected chi connectivity index (χ4v) is 10.9. The smallest absolute Gasteiger partial charge is 0.748 e. The number of nitrogens with one attached hydrogen (secondary N) is 1. The normalized spacial score (nSPS) is 19.9. The molecule has 1 aliphatic carbocycles. The maximum Gasteiger partial charge on any atom is 1.00 e. The van der Waals surface area contributed by atoms with Gasteiger partial charge in [-0.25, -0.2) is 25.3 Å². The third-order valence-corrected chi connectivity index (χ3v) is 15.5. The van der Waals surface area contributed by atoms with Gasteiger partial charge in [0.15, 0.2) is 0 Å². The quantitative estimate of drug-likeness (QED) is 0.0617. The number of ether oxygens (including phenoxy) is 1. The van der Waals surface area contributed by atoms with Crippen LogP contribution in [0.25, 0.3) is 0 Å². The molecule has 2 heterocycles. The summed E-state index contributed by atoms with van der Waals surface area (Å²) in [7, 11) is -13.8. The third kappa shape index (κ3) is 14.9. The summed E-state index contributed by atoms with van der Waals surface area (Å²) in [6.45, 7) is 13.3. The van der Waals surface area contributed by atoms with Gasteiger partial charge in [-0.15, -0.1) is 11.6 Å². The van der Waals surface area contributed by atoms with Crippen molar-refractivity contribution in [1.29, 1.82) is 0 Å². The summed E-state index contributed by atoms with van der Waals surface area (Å²) in [5.74, 6) is 0.639. The molecule has 2 unspecified atom stereocenters. The molecule has 2 atom stereocenters. The molecule has 3 aromatic rings. The number of carbonyl (C=O) groups is 1. The Kier molecular flexibility index (Phi) is 22.4. The minimum atomic E-state index is -4.72. The van der Waals surface area contributed by atoms with Gasteiger partial charge in [0.25, 0.3) is 0 Å². The zero-order valence-corrected chi connectivity index (χ0v) is 49.3. The molecule has 352 valence electrons. The number of hydrogen-bond acceptors (Lipinski definition) is 12. The van der Waals surface area contributed by atoms with Gasteiger partial charge in [-0.05, 0) is 130 Å². The first-order chi connectivity index (χ1) is 30.4. The van der Waals surface area contributed by atoms with Crippen molar-refractivity contribution in [2.75, 3.05) is 23.7 Å². The van der Waals surface area contributed by atoms with Crippen molar-refractivity contribution < 1.29 is 142 Å². The van der Waals surface area contributed by atoms with Crippen LogP contribution in [0.15, 0.2) is 117 Å². The molecule has 0 spiro atoms. The van der Waals surface area contributed by atoms with Gasteiger partial charge in [0.2, 0.25) is 0 Å². The van der Waals surface area contributed by atoms with Crippen LogP contribution < -0.4 is 103 Å². The van der Waals surface area contributed by atoms with Crippen molar-refractivity contribution in [3.05, 3.63) is 125 Å². The van der Waals surface area contributed by atoms with Crippen molar-refractivity contribution >= 4 is 47.5 Å². The summed E-state index contributed by atoms with van der Waals surface area (Å²) in [6, 6.07) is 18.6. The zero-order valence-electron chi connectivity index (χ0n) is 40.9. The number of rotatable bonds is 19. The average molecular weight is 1020 g/mol. The Labute approximate surface area is 470 Å². The van der Waals surface area contributed by atoms with Gasteiger partial charge in [0.1, 0.15) is 49.3 Å². The number of Topliss-reactive ketones (excluding diaryl/α,β-unsaturated/α-hetero) is 1. The number of carbonyl (C=O) groups excluding carboxylic acids is 1.